The van der Waals surface area contributed by atoms with Crippen molar-refractivity contribution in [1.29, 1.82) is 0 Å². The summed E-state index contributed by atoms with van der Waals surface area (Å²) >= 11 is 0. The van der Waals surface area contributed by atoms with E-state index in [2.05, 4.69) is 57.4 Å². The van der Waals surface area contributed by atoms with E-state index in [0.29, 0.717) is 29.7 Å². The third-order valence-electron chi connectivity index (χ3n) is 7.53. The molecule has 1 aromatic carbocycles. The molecule has 0 radical (unpaired) electrons. The van der Waals surface area contributed by atoms with E-state index in [0.717, 1.165) is 49.0 Å². The normalized spacial score (nSPS) is 14.3. The van der Waals surface area contributed by atoms with E-state index in [9.17, 15) is 13.6 Å². The summed E-state index contributed by atoms with van der Waals surface area (Å²) in [7, 11) is -2.63. The molecule has 3 aromatic rings. The van der Waals surface area contributed by atoms with Gasteiger partial charge < -0.3 is 23.5 Å². The SMILES string of the molecule is CCCC=Cc1c(-c2ccc(OC(F)F)c(OC3CC3)c2)n(COCC[Si](C)(C)C)c2cnn(COCC[Si](C)(C)C)c(=O)c12. The average Bonchev–Trinajstić information content (AvgIpc) is 3.70. The van der Waals surface area contributed by atoms with E-state index in [1.54, 1.807) is 18.3 Å². The molecule has 1 fully saturated rings. The predicted molar refractivity (Wildman–Crippen MR) is 182 cm³/mol. The van der Waals surface area contributed by atoms with E-state index < -0.39 is 22.8 Å². The molecule has 0 N–H and O–H groups in total. The molecule has 0 spiro atoms. The average molecular weight is 662 g/mol. The van der Waals surface area contributed by atoms with E-state index >= 15 is 0 Å². The molecule has 1 aliphatic carbocycles. The van der Waals surface area contributed by atoms with Gasteiger partial charge in [-0.3, -0.25) is 4.79 Å². The van der Waals surface area contributed by atoms with Gasteiger partial charge >= 0.3 is 6.61 Å². The number of allylic oxidation sites excluding steroid dienone is 1. The van der Waals surface area contributed by atoms with Crippen molar-refractivity contribution in [2.75, 3.05) is 13.2 Å². The summed E-state index contributed by atoms with van der Waals surface area (Å²) in [6, 6.07) is 6.94. The molecule has 248 valence electrons. The second-order valence-electron chi connectivity index (χ2n) is 14.1. The van der Waals surface area contributed by atoms with E-state index in [1.807, 2.05) is 10.6 Å². The predicted octanol–water partition coefficient (Wildman–Crippen LogP) is 8.45. The molecule has 45 heavy (non-hydrogen) atoms. The highest BCUT2D eigenvalue weighted by Gasteiger charge is 2.28. The zero-order valence-corrected chi connectivity index (χ0v) is 29.8. The van der Waals surface area contributed by atoms with Gasteiger partial charge in [-0.15, -0.1) is 0 Å². The largest absolute Gasteiger partial charge is 0.487 e. The summed E-state index contributed by atoms with van der Waals surface area (Å²) < 4.78 is 52.8. The lowest BCUT2D eigenvalue weighted by Crippen LogP contribution is -2.26. The van der Waals surface area contributed by atoms with Gasteiger partial charge in [0.2, 0.25) is 0 Å². The number of nitrogens with zero attached hydrogens (tertiary/aromatic N) is 3. The first-order valence-corrected chi connectivity index (χ1v) is 23.4. The minimum absolute atomic E-state index is 0.0164. The number of hydrogen-bond donors (Lipinski definition) is 0. The van der Waals surface area contributed by atoms with Crippen LogP contribution in [0, 0.1) is 0 Å². The van der Waals surface area contributed by atoms with Crippen LogP contribution < -0.4 is 15.0 Å². The van der Waals surface area contributed by atoms with Crippen LogP contribution in [0.2, 0.25) is 51.4 Å². The second-order valence-corrected chi connectivity index (χ2v) is 25.4. The number of ether oxygens (including phenoxy) is 4. The summed E-state index contributed by atoms with van der Waals surface area (Å²) in [6.07, 6.45) is 9.19. The van der Waals surface area contributed by atoms with E-state index in [-0.39, 0.29) is 36.6 Å². The quantitative estimate of drug-likeness (QED) is 0.101. The number of fused-ring (bicyclic) bond motifs is 1. The zero-order valence-electron chi connectivity index (χ0n) is 27.8. The highest BCUT2D eigenvalue weighted by atomic mass is 28.3. The third-order valence-corrected chi connectivity index (χ3v) is 10.9. The van der Waals surface area contributed by atoms with Gasteiger partial charge in [0.15, 0.2) is 11.5 Å². The van der Waals surface area contributed by atoms with Gasteiger partial charge in [-0.2, -0.15) is 13.9 Å². The molecule has 2 aromatic heterocycles. The number of benzene rings is 1. The smallest absolute Gasteiger partial charge is 0.387 e. The van der Waals surface area contributed by atoms with Crippen molar-refractivity contribution in [3.63, 3.8) is 0 Å². The minimum atomic E-state index is -2.98. The summed E-state index contributed by atoms with van der Waals surface area (Å²) in [5.41, 5.74) is 2.52. The zero-order chi connectivity index (χ0) is 32.8. The second kappa shape index (κ2) is 15.2. The fraction of sp³-hybridized carbons (Fsp3) is 0.576. The molecule has 1 aliphatic rings. The Morgan fingerprint density at radius 1 is 1.00 bits per heavy atom. The number of alkyl halides is 2. The number of aromatic nitrogens is 3. The Morgan fingerprint density at radius 2 is 1.67 bits per heavy atom. The summed E-state index contributed by atoms with van der Waals surface area (Å²) in [6.45, 7) is 14.3. The lowest BCUT2D eigenvalue weighted by Gasteiger charge is -2.18. The molecule has 0 bridgehead atoms. The van der Waals surface area contributed by atoms with Gasteiger partial charge in [0.25, 0.3) is 5.56 Å². The Labute approximate surface area is 267 Å². The first kappa shape index (κ1) is 35.1. The van der Waals surface area contributed by atoms with Crippen LogP contribution in [-0.4, -0.2) is 56.4 Å². The van der Waals surface area contributed by atoms with Crippen molar-refractivity contribution < 1.29 is 27.7 Å². The van der Waals surface area contributed by atoms with Gasteiger partial charge in [0.1, 0.15) is 13.5 Å². The van der Waals surface area contributed by atoms with Crippen LogP contribution in [-0.2, 0) is 22.9 Å². The minimum Gasteiger partial charge on any atom is -0.487 e. The monoisotopic (exact) mass is 661 g/mol. The Morgan fingerprint density at radius 3 is 2.27 bits per heavy atom. The Hall–Kier alpha value is -2.81. The van der Waals surface area contributed by atoms with Crippen LogP contribution in [0.3, 0.4) is 0 Å². The molecule has 0 atom stereocenters. The molecule has 12 heteroatoms. The number of unbranched alkanes of at least 4 members (excludes halogenated alkanes) is 1. The summed E-state index contributed by atoms with van der Waals surface area (Å²) in [5, 5.41) is 5.00. The summed E-state index contributed by atoms with van der Waals surface area (Å²) in [5.74, 6) is 0.235. The van der Waals surface area contributed by atoms with Crippen molar-refractivity contribution in [2.24, 2.45) is 0 Å². The van der Waals surface area contributed by atoms with Gasteiger partial charge in [-0.1, -0.05) is 64.8 Å². The van der Waals surface area contributed by atoms with Crippen LogP contribution in [0.25, 0.3) is 28.2 Å². The van der Waals surface area contributed by atoms with Crippen LogP contribution in [0.15, 0.2) is 35.3 Å². The summed E-state index contributed by atoms with van der Waals surface area (Å²) in [4.78, 5) is 14.0. The van der Waals surface area contributed by atoms with Gasteiger partial charge in [0.05, 0.1) is 28.9 Å². The molecule has 1 saturated carbocycles. The van der Waals surface area contributed by atoms with Crippen molar-refractivity contribution in [3.8, 4) is 22.8 Å². The number of hydrogen-bond acceptors (Lipinski definition) is 6. The van der Waals surface area contributed by atoms with E-state index in [4.69, 9.17) is 18.9 Å². The third kappa shape index (κ3) is 10.1. The molecule has 0 aliphatic heterocycles. The molecule has 0 amide bonds. The highest BCUT2D eigenvalue weighted by molar-refractivity contribution is 6.76. The van der Waals surface area contributed by atoms with Gasteiger partial charge in [0, 0.05) is 40.5 Å². The Kier molecular flexibility index (Phi) is 11.8. The van der Waals surface area contributed by atoms with Gasteiger partial charge in [-0.05, 0) is 49.5 Å². The van der Waals surface area contributed by atoms with Crippen LogP contribution in [0.5, 0.6) is 11.5 Å². The van der Waals surface area contributed by atoms with Crippen LogP contribution >= 0.6 is 0 Å². The molecule has 4 rings (SSSR count). The van der Waals surface area contributed by atoms with Gasteiger partial charge in [-0.25, -0.2) is 4.68 Å². The lowest BCUT2D eigenvalue weighted by atomic mass is 10.0. The van der Waals surface area contributed by atoms with Crippen molar-refractivity contribution >= 4 is 33.1 Å². The fourth-order valence-corrected chi connectivity index (χ4v) is 6.27. The standard InChI is InChI=1S/C33H49F2N3O5Si2/c1-8-9-10-11-26-30-27(21-36-38(32(30)39)23-41-17-19-45(5,6)7)37(22-40-16-18-44(2,3)4)31(26)24-12-15-28(43-33(34)35)29(20-24)42-25-13-14-25/h10-12,15,20-21,25,33H,8-9,13-14,16-19,22-23H2,1-7H3. The van der Waals surface area contributed by atoms with Crippen LogP contribution in [0.4, 0.5) is 8.78 Å². The van der Waals surface area contributed by atoms with Crippen molar-refractivity contribution in [2.45, 2.75) is 110 Å². The van der Waals surface area contributed by atoms with Crippen LogP contribution in [0.1, 0.15) is 38.2 Å². The molecule has 2 heterocycles. The Balaban J connectivity index is 1.85. The lowest BCUT2D eigenvalue weighted by molar-refractivity contribution is -0.0516. The number of halogens is 2. The maximum absolute atomic E-state index is 14.0. The maximum Gasteiger partial charge on any atom is 0.387 e. The molecule has 0 unspecified atom stereocenters. The first-order valence-electron chi connectivity index (χ1n) is 16.0. The van der Waals surface area contributed by atoms with Crippen molar-refractivity contribution in [3.05, 3.63) is 46.4 Å². The molecular weight excluding hydrogens is 613 g/mol. The molecule has 8 nitrogen and oxygen atoms in total. The first-order chi connectivity index (χ1) is 21.3. The molecule has 0 saturated heterocycles. The maximum atomic E-state index is 14.0. The van der Waals surface area contributed by atoms with E-state index in [1.165, 1.54) is 10.7 Å². The Bertz CT molecular complexity index is 1520. The fourth-order valence-electron chi connectivity index (χ4n) is 4.76. The number of rotatable bonds is 18. The highest BCUT2D eigenvalue weighted by Crippen LogP contribution is 2.40. The molecular formula is C33H49F2N3O5Si2. The van der Waals surface area contributed by atoms with Crippen molar-refractivity contribution in [1.82, 2.24) is 14.3 Å². The topological polar surface area (TPSA) is 76.7 Å².